The summed E-state index contributed by atoms with van der Waals surface area (Å²) in [6.07, 6.45) is 1.42. The fourth-order valence-electron chi connectivity index (χ4n) is 3.57. The number of benzene rings is 1. The van der Waals surface area contributed by atoms with Gasteiger partial charge in [-0.05, 0) is 39.0 Å². The summed E-state index contributed by atoms with van der Waals surface area (Å²) in [4.78, 5) is 32.8. The van der Waals surface area contributed by atoms with Gasteiger partial charge in [0.25, 0.3) is 5.56 Å². The zero-order valence-corrected chi connectivity index (χ0v) is 18.0. The first-order chi connectivity index (χ1) is 13.9. The van der Waals surface area contributed by atoms with Gasteiger partial charge in [0.2, 0.25) is 5.91 Å². The van der Waals surface area contributed by atoms with Gasteiger partial charge in [-0.3, -0.25) is 18.8 Å². The average Bonchev–Trinajstić information content (AvgIpc) is 3.19. The van der Waals surface area contributed by atoms with E-state index in [9.17, 15) is 9.59 Å². The third-order valence-electron chi connectivity index (χ3n) is 5.14. The second-order valence-electron chi connectivity index (χ2n) is 6.96. The van der Waals surface area contributed by atoms with E-state index >= 15 is 0 Å². The van der Waals surface area contributed by atoms with Gasteiger partial charge < -0.3 is 10.3 Å². The number of rotatable bonds is 5. The van der Waals surface area contributed by atoms with E-state index in [0.717, 1.165) is 38.9 Å². The molecule has 3 aromatic heterocycles. The molecular formula is C20H21BrN6O2. The van der Waals surface area contributed by atoms with Crippen molar-refractivity contribution in [3.05, 3.63) is 56.3 Å². The minimum Gasteiger partial charge on any atom is -0.350 e. The molecule has 9 heteroatoms. The van der Waals surface area contributed by atoms with E-state index in [1.807, 2.05) is 43.7 Å². The predicted molar refractivity (Wildman–Crippen MR) is 115 cm³/mol. The fraction of sp³-hybridized carbons (Fsp3) is 0.300. The Hall–Kier alpha value is -2.94. The van der Waals surface area contributed by atoms with Crippen molar-refractivity contribution in [1.82, 2.24) is 29.6 Å². The van der Waals surface area contributed by atoms with E-state index in [0.29, 0.717) is 17.6 Å². The molecular weight excluding hydrogens is 436 g/mol. The van der Waals surface area contributed by atoms with Crippen molar-refractivity contribution >= 4 is 43.8 Å². The van der Waals surface area contributed by atoms with E-state index in [2.05, 4.69) is 36.3 Å². The number of aryl methyl sites for hydroxylation is 2. The van der Waals surface area contributed by atoms with Gasteiger partial charge in [0.15, 0.2) is 0 Å². The van der Waals surface area contributed by atoms with Crippen LogP contribution in [0.15, 0.2) is 33.8 Å². The van der Waals surface area contributed by atoms with Gasteiger partial charge in [0.1, 0.15) is 17.6 Å². The first-order valence-corrected chi connectivity index (χ1v) is 10.1. The summed E-state index contributed by atoms with van der Waals surface area (Å²) in [5.41, 5.74) is 4.48. The van der Waals surface area contributed by atoms with E-state index < -0.39 is 0 Å². The number of fused-ring (bicyclic) bond motifs is 3. The molecule has 0 saturated carbocycles. The van der Waals surface area contributed by atoms with Gasteiger partial charge in [-0.2, -0.15) is 5.10 Å². The maximum atomic E-state index is 12.8. The molecule has 3 heterocycles. The quantitative estimate of drug-likeness (QED) is 0.482. The van der Waals surface area contributed by atoms with Crippen molar-refractivity contribution in [2.75, 3.05) is 0 Å². The summed E-state index contributed by atoms with van der Waals surface area (Å²) in [7, 11) is 0. The Morgan fingerprint density at radius 2 is 2.10 bits per heavy atom. The lowest BCUT2D eigenvalue weighted by molar-refractivity contribution is -0.121. The topological polar surface area (TPSA) is 97.6 Å². The predicted octanol–water partition coefficient (Wildman–Crippen LogP) is 2.79. The Bertz CT molecular complexity index is 1300. The monoisotopic (exact) mass is 456 g/mol. The van der Waals surface area contributed by atoms with Crippen molar-refractivity contribution in [3.63, 3.8) is 0 Å². The van der Waals surface area contributed by atoms with E-state index in [-0.39, 0.29) is 18.0 Å². The molecule has 1 aromatic carbocycles. The standard InChI is InChI=1S/C20H21BrN6O2/c1-4-27-12(3)15(11(2)25-27)8-22-17(28)9-26-10-23-18-14-7-13(21)5-6-16(14)24-19(18)20(26)29/h5-7,10,24H,4,8-9H2,1-3H3,(H,22,28). The average molecular weight is 457 g/mol. The molecule has 4 rings (SSSR count). The SMILES string of the molecule is CCn1nc(C)c(CNC(=O)Cn2cnc3c([nH]c4ccc(Br)cc43)c2=O)c1C. The molecule has 0 spiro atoms. The molecule has 0 bridgehead atoms. The van der Waals surface area contributed by atoms with E-state index in [1.54, 1.807) is 0 Å². The van der Waals surface area contributed by atoms with Gasteiger partial charge >= 0.3 is 0 Å². The second-order valence-corrected chi connectivity index (χ2v) is 7.87. The van der Waals surface area contributed by atoms with Crippen LogP contribution in [0.25, 0.3) is 21.9 Å². The first-order valence-electron chi connectivity index (χ1n) is 9.35. The highest BCUT2D eigenvalue weighted by Crippen LogP contribution is 2.24. The third kappa shape index (κ3) is 3.46. The normalized spacial score (nSPS) is 11.4. The Kier molecular flexibility index (Phi) is 4.99. The van der Waals surface area contributed by atoms with Gasteiger partial charge in [0.05, 0.1) is 12.0 Å². The Morgan fingerprint density at radius 3 is 2.83 bits per heavy atom. The molecule has 2 N–H and O–H groups in total. The molecule has 4 aromatic rings. The second kappa shape index (κ2) is 7.47. The number of nitrogens with zero attached hydrogens (tertiary/aromatic N) is 4. The summed E-state index contributed by atoms with van der Waals surface area (Å²) in [6, 6.07) is 5.70. The van der Waals surface area contributed by atoms with Crippen LogP contribution < -0.4 is 10.9 Å². The highest BCUT2D eigenvalue weighted by atomic mass is 79.9. The van der Waals surface area contributed by atoms with E-state index in [1.165, 1.54) is 10.9 Å². The minimum atomic E-state index is -0.274. The Balaban J connectivity index is 1.55. The molecule has 0 aliphatic carbocycles. The summed E-state index contributed by atoms with van der Waals surface area (Å²) in [6.45, 7) is 7.00. The van der Waals surface area contributed by atoms with Crippen LogP contribution in [-0.2, 0) is 24.4 Å². The zero-order chi connectivity index (χ0) is 20.7. The molecule has 0 saturated heterocycles. The summed E-state index contributed by atoms with van der Waals surface area (Å²) in [5.74, 6) is -0.254. The first kappa shape index (κ1) is 19.4. The maximum absolute atomic E-state index is 12.8. The largest absolute Gasteiger partial charge is 0.350 e. The van der Waals surface area contributed by atoms with Crippen LogP contribution in [0.4, 0.5) is 0 Å². The zero-order valence-electron chi connectivity index (χ0n) is 16.4. The number of aromatic amines is 1. The van der Waals surface area contributed by atoms with Crippen molar-refractivity contribution in [2.24, 2.45) is 0 Å². The summed E-state index contributed by atoms with van der Waals surface area (Å²) >= 11 is 3.44. The lowest BCUT2D eigenvalue weighted by Crippen LogP contribution is -2.32. The number of carbonyl (C=O) groups is 1. The van der Waals surface area contributed by atoms with Crippen LogP contribution in [-0.4, -0.2) is 30.2 Å². The molecule has 29 heavy (non-hydrogen) atoms. The van der Waals surface area contributed by atoms with Crippen LogP contribution in [0.1, 0.15) is 23.9 Å². The molecule has 0 radical (unpaired) electrons. The van der Waals surface area contributed by atoms with Crippen molar-refractivity contribution in [2.45, 2.75) is 40.4 Å². The minimum absolute atomic E-state index is 0.0964. The fourth-order valence-corrected chi connectivity index (χ4v) is 3.93. The van der Waals surface area contributed by atoms with Gasteiger partial charge in [-0.15, -0.1) is 0 Å². The van der Waals surface area contributed by atoms with Crippen LogP contribution in [0.3, 0.4) is 0 Å². The number of hydrogen-bond acceptors (Lipinski definition) is 4. The maximum Gasteiger partial charge on any atom is 0.278 e. The molecule has 150 valence electrons. The molecule has 8 nitrogen and oxygen atoms in total. The summed E-state index contributed by atoms with van der Waals surface area (Å²) in [5, 5.41) is 8.20. The number of hydrogen-bond donors (Lipinski definition) is 2. The number of carbonyl (C=O) groups excluding carboxylic acids is 1. The van der Waals surface area contributed by atoms with Gasteiger partial charge in [0, 0.05) is 39.7 Å². The number of amides is 1. The molecule has 0 aliphatic heterocycles. The number of aromatic nitrogens is 5. The molecule has 0 unspecified atom stereocenters. The van der Waals surface area contributed by atoms with Crippen molar-refractivity contribution < 1.29 is 4.79 Å². The van der Waals surface area contributed by atoms with Crippen LogP contribution >= 0.6 is 15.9 Å². The number of H-pyrrole nitrogens is 1. The van der Waals surface area contributed by atoms with Crippen molar-refractivity contribution in [1.29, 1.82) is 0 Å². The Labute approximate surface area is 175 Å². The lowest BCUT2D eigenvalue weighted by atomic mass is 10.2. The van der Waals surface area contributed by atoms with Crippen molar-refractivity contribution in [3.8, 4) is 0 Å². The third-order valence-corrected chi connectivity index (χ3v) is 5.63. The van der Waals surface area contributed by atoms with Crippen LogP contribution in [0.5, 0.6) is 0 Å². The lowest BCUT2D eigenvalue weighted by Gasteiger charge is -2.08. The van der Waals surface area contributed by atoms with Gasteiger partial charge in [-0.1, -0.05) is 15.9 Å². The van der Waals surface area contributed by atoms with Gasteiger partial charge in [-0.25, -0.2) is 4.98 Å². The highest BCUT2D eigenvalue weighted by molar-refractivity contribution is 9.10. The molecule has 0 aliphatic rings. The van der Waals surface area contributed by atoms with Crippen LogP contribution in [0, 0.1) is 13.8 Å². The Morgan fingerprint density at radius 1 is 1.31 bits per heavy atom. The molecule has 0 fully saturated rings. The van der Waals surface area contributed by atoms with E-state index in [4.69, 9.17) is 0 Å². The number of nitrogens with one attached hydrogen (secondary N) is 2. The highest BCUT2D eigenvalue weighted by Gasteiger charge is 2.15. The number of halogens is 1. The molecule has 1 amide bonds. The molecule has 0 atom stereocenters. The smallest absolute Gasteiger partial charge is 0.278 e. The van der Waals surface area contributed by atoms with Crippen LogP contribution in [0.2, 0.25) is 0 Å². The summed E-state index contributed by atoms with van der Waals surface area (Å²) < 4.78 is 4.14.